The van der Waals surface area contributed by atoms with Gasteiger partial charge in [-0.05, 0) is 26.0 Å². The molecule has 1 aromatic carbocycles. The highest BCUT2D eigenvalue weighted by molar-refractivity contribution is 5.51. The summed E-state index contributed by atoms with van der Waals surface area (Å²) < 4.78 is 1.44. The van der Waals surface area contributed by atoms with Crippen LogP contribution in [0.2, 0.25) is 0 Å². The molecule has 1 aromatic heterocycles. The van der Waals surface area contributed by atoms with E-state index in [-0.39, 0.29) is 11.8 Å². The maximum Gasteiger partial charge on any atom is 0.201 e. The Morgan fingerprint density at radius 2 is 1.33 bits per heavy atom. The zero-order valence-electron chi connectivity index (χ0n) is 8.73. The van der Waals surface area contributed by atoms with Crippen molar-refractivity contribution < 1.29 is 10.2 Å². The molecule has 0 saturated carbocycles. The van der Waals surface area contributed by atoms with Gasteiger partial charge in [0.1, 0.15) is 0 Å². The summed E-state index contributed by atoms with van der Waals surface area (Å²) in [6.45, 7) is 3.56. The van der Waals surface area contributed by atoms with E-state index in [1.54, 1.807) is 13.8 Å². The van der Waals surface area contributed by atoms with Crippen molar-refractivity contribution in [3.8, 4) is 17.4 Å². The maximum absolute atomic E-state index is 9.86. The van der Waals surface area contributed by atoms with E-state index in [9.17, 15) is 10.2 Å². The van der Waals surface area contributed by atoms with E-state index in [0.717, 1.165) is 5.69 Å². The van der Waals surface area contributed by atoms with Crippen LogP contribution in [-0.4, -0.2) is 14.8 Å². The SMILES string of the molecule is Cc1c(C)c(O)n(-c2ccccc2)c1O. The van der Waals surface area contributed by atoms with Crippen LogP contribution in [0.5, 0.6) is 11.8 Å². The van der Waals surface area contributed by atoms with Gasteiger partial charge in [0.05, 0.1) is 5.69 Å². The highest BCUT2D eigenvalue weighted by Crippen LogP contribution is 2.34. The van der Waals surface area contributed by atoms with Crippen LogP contribution in [0, 0.1) is 13.8 Å². The largest absolute Gasteiger partial charge is 0.494 e. The Kier molecular flexibility index (Phi) is 2.15. The summed E-state index contributed by atoms with van der Waals surface area (Å²) >= 11 is 0. The number of aromatic nitrogens is 1. The van der Waals surface area contributed by atoms with Crippen molar-refractivity contribution in [1.82, 2.24) is 4.57 Å². The van der Waals surface area contributed by atoms with Crippen LogP contribution in [-0.2, 0) is 0 Å². The number of rotatable bonds is 1. The predicted molar refractivity (Wildman–Crippen MR) is 58.6 cm³/mol. The molecule has 15 heavy (non-hydrogen) atoms. The molecular formula is C12H13NO2. The summed E-state index contributed by atoms with van der Waals surface area (Å²) in [5, 5.41) is 19.7. The fourth-order valence-corrected chi connectivity index (χ4v) is 1.59. The number of benzene rings is 1. The summed E-state index contributed by atoms with van der Waals surface area (Å²) in [5.74, 6) is 0.187. The fraction of sp³-hybridized carbons (Fsp3) is 0.167. The molecule has 0 bridgehead atoms. The second-order valence-corrected chi connectivity index (χ2v) is 3.57. The Labute approximate surface area is 88.2 Å². The van der Waals surface area contributed by atoms with Crippen molar-refractivity contribution in [1.29, 1.82) is 0 Å². The smallest absolute Gasteiger partial charge is 0.201 e. The maximum atomic E-state index is 9.86. The van der Waals surface area contributed by atoms with Gasteiger partial charge in [-0.15, -0.1) is 0 Å². The van der Waals surface area contributed by atoms with Gasteiger partial charge in [-0.25, -0.2) is 0 Å². The van der Waals surface area contributed by atoms with Crippen molar-refractivity contribution in [3.05, 3.63) is 41.5 Å². The zero-order valence-corrected chi connectivity index (χ0v) is 8.73. The van der Waals surface area contributed by atoms with Crippen LogP contribution >= 0.6 is 0 Å². The molecule has 2 N–H and O–H groups in total. The van der Waals surface area contributed by atoms with Crippen LogP contribution in [0.15, 0.2) is 30.3 Å². The second kappa shape index (κ2) is 3.35. The minimum Gasteiger partial charge on any atom is -0.494 e. The molecule has 0 spiro atoms. The highest BCUT2D eigenvalue weighted by atomic mass is 16.3. The number of hydrogen-bond donors (Lipinski definition) is 2. The first kappa shape index (κ1) is 9.65. The van der Waals surface area contributed by atoms with Crippen LogP contribution in [0.4, 0.5) is 0 Å². The highest BCUT2D eigenvalue weighted by Gasteiger charge is 2.16. The lowest BCUT2D eigenvalue weighted by atomic mass is 10.2. The molecule has 0 atom stereocenters. The Balaban J connectivity index is 2.69. The summed E-state index contributed by atoms with van der Waals surface area (Å²) in [5.41, 5.74) is 2.16. The number of hydrogen-bond acceptors (Lipinski definition) is 2. The van der Waals surface area contributed by atoms with Gasteiger partial charge in [-0.2, -0.15) is 0 Å². The van der Waals surface area contributed by atoms with E-state index < -0.39 is 0 Å². The first-order valence-electron chi connectivity index (χ1n) is 4.78. The Morgan fingerprint density at radius 3 is 1.80 bits per heavy atom. The summed E-state index contributed by atoms with van der Waals surface area (Å²) in [6, 6.07) is 9.27. The molecule has 2 rings (SSSR count). The first-order chi connectivity index (χ1) is 7.13. The standard InChI is InChI=1S/C12H13NO2/c1-8-9(2)12(15)13(11(8)14)10-6-4-3-5-7-10/h3-7,14-15H,1-2H3. The van der Waals surface area contributed by atoms with Gasteiger partial charge in [0.15, 0.2) is 0 Å². The zero-order chi connectivity index (χ0) is 11.0. The molecule has 0 amide bonds. The topological polar surface area (TPSA) is 45.4 Å². The first-order valence-corrected chi connectivity index (χ1v) is 4.78. The number of para-hydroxylation sites is 1. The predicted octanol–water partition coefficient (Wildman–Crippen LogP) is 2.51. The van der Waals surface area contributed by atoms with Gasteiger partial charge in [0, 0.05) is 11.1 Å². The van der Waals surface area contributed by atoms with Crippen LogP contribution in [0.3, 0.4) is 0 Å². The summed E-state index contributed by atoms with van der Waals surface area (Å²) in [7, 11) is 0. The average molecular weight is 203 g/mol. The lowest BCUT2D eigenvalue weighted by Gasteiger charge is -2.06. The lowest BCUT2D eigenvalue weighted by molar-refractivity contribution is 0.400. The molecule has 0 aliphatic heterocycles. The minimum atomic E-state index is 0.0937. The molecular weight excluding hydrogens is 190 g/mol. The quantitative estimate of drug-likeness (QED) is 0.748. The third kappa shape index (κ3) is 1.36. The molecule has 0 unspecified atom stereocenters. The molecule has 0 fully saturated rings. The van der Waals surface area contributed by atoms with Crippen LogP contribution < -0.4 is 0 Å². The van der Waals surface area contributed by atoms with Crippen molar-refractivity contribution in [3.63, 3.8) is 0 Å². The third-order valence-electron chi connectivity index (χ3n) is 2.67. The van der Waals surface area contributed by atoms with Gasteiger partial charge in [-0.3, -0.25) is 4.57 Å². The molecule has 0 aliphatic carbocycles. The second-order valence-electron chi connectivity index (χ2n) is 3.57. The monoisotopic (exact) mass is 203 g/mol. The Hall–Kier alpha value is -1.90. The fourth-order valence-electron chi connectivity index (χ4n) is 1.59. The van der Waals surface area contributed by atoms with Gasteiger partial charge in [0.2, 0.25) is 11.8 Å². The molecule has 0 aliphatic rings. The van der Waals surface area contributed by atoms with Gasteiger partial charge < -0.3 is 10.2 Å². The lowest BCUT2D eigenvalue weighted by Crippen LogP contribution is -1.91. The van der Waals surface area contributed by atoms with Crippen molar-refractivity contribution >= 4 is 0 Å². The van der Waals surface area contributed by atoms with Crippen molar-refractivity contribution in [2.24, 2.45) is 0 Å². The van der Waals surface area contributed by atoms with Crippen LogP contribution in [0.25, 0.3) is 5.69 Å². The number of aromatic hydroxyl groups is 2. The van der Waals surface area contributed by atoms with Gasteiger partial charge >= 0.3 is 0 Å². The van der Waals surface area contributed by atoms with E-state index in [4.69, 9.17) is 0 Å². The van der Waals surface area contributed by atoms with E-state index in [0.29, 0.717) is 11.1 Å². The molecule has 2 aromatic rings. The van der Waals surface area contributed by atoms with E-state index in [2.05, 4.69) is 0 Å². The van der Waals surface area contributed by atoms with Gasteiger partial charge in [0.25, 0.3) is 0 Å². The molecule has 78 valence electrons. The molecule has 1 heterocycles. The van der Waals surface area contributed by atoms with E-state index in [1.165, 1.54) is 4.57 Å². The number of nitrogens with zero attached hydrogens (tertiary/aromatic N) is 1. The molecule has 0 saturated heterocycles. The minimum absolute atomic E-state index is 0.0937. The third-order valence-corrected chi connectivity index (χ3v) is 2.67. The Bertz CT molecular complexity index is 461. The van der Waals surface area contributed by atoms with E-state index in [1.807, 2.05) is 30.3 Å². The van der Waals surface area contributed by atoms with Gasteiger partial charge in [-0.1, -0.05) is 18.2 Å². The molecule has 3 heteroatoms. The molecule has 0 radical (unpaired) electrons. The summed E-state index contributed by atoms with van der Waals surface area (Å²) in [6.07, 6.45) is 0. The Morgan fingerprint density at radius 1 is 0.867 bits per heavy atom. The average Bonchev–Trinajstić information content (AvgIpc) is 2.45. The van der Waals surface area contributed by atoms with Crippen molar-refractivity contribution in [2.75, 3.05) is 0 Å². The normalized spacial score (nSPS) is 10.5. The molecule has 3 nitrogen and oxygen atoms in total. The summed E-state index contributed by atoms with van der Waals surface area (Å²) in [4.78, 5) is 0. The van der Waals surface area contributed by atoms with E-state index >= 15 is 0 Å². The van der Waals surface area contributed by atoms with Crippen molar-refractivity contribution in [2.45, 2.75) is 13.8 Å². The van der Waals surface area contributed by atoms with Crippen LogP contribution in [0.1, 0.15) is 11.1 Å².